The average molecular weight is 296 g/mol. The third kappa shape index (κ3) is 2.65. The lowest BCUT2D eigenvalue weighted by Crippen LogP contribution is -2.06. The summed E-state index contributed by atoms with van der Waals surface area (Å²) >= 11 is 0. The Morgan fingerprint density at radius 3 is 2.73 bits per heavy atom. The minimum atomic E-state index is -0.296. The third-order valence-corrected chi connectivity index (χ3v) is 3.34. The highest BCUT2D eigenvalue weighted by Gasteiger charge is 2.12. The van der Waals surface area contributed by atoms with Crippen LogP contribution in [-0.4, -0.2) is 23.0 Å². The number of carbonyl (C=O) groups is 1. The van der Waals surface area contributed by atoms with Crippen LogP contribution in [0.25, 0.3) is 22.4 Å². The second-order valence-electron chi connectivity index (χ2n) is 4.80. The summed E-state index contributed by atoms with van der Waals surface area (Å²) in [6.07, 6.45) is 0.314. The van der Waals surface area contributed by atoms with Crippen LogP contribution in [0, 0.1) is 0 Å². The Labute approximate surface area is 127 Å². The highest BCUT2D eigenvalue weighted by molar-refractivity contribution is 5.80. The Hall–Kier alpha value is -2.82. The molecule has 22 heavy (non-hydrogen) atoms. The zero-order chi connectivity index (χ0) is 15.5. The van der Waals surface area contributed by atoms with Crippen LogP contribution >= 0.6 is 0 Å². The maximum Gasteiger partial charge on any atom is 0.311 e. The Kier molecular flexibility index (Phi) is 3.78. The molecule has 5 heteroatoms. The molecule has 0 aliphatic carbocycles. The minimum Gasteiger partial charge on any atom is -0.493 e. The van der Waals surface area contributed by atoms with Crippen LogP contribution in [0.5, 0.6) is 11.5 Å². The van der Waals surface area contributed by atoms with E-state index < -0.39 is 0 Å². The van der Waals surface area contributed by atoms with E-state index in [1.165, 1.54) is 0 Å². The molecular weight excluding hydrogens is 280 g/mol. The van der Waals surface area contributed by atoms with Crippen LogP contribution in [0.15, 0.2) is 42.5 Å². The average Bonchev–Trinajstić information content (AvgIpc) is 2.99. The summed E-state index contributed by atoms with van der Waals surface area (Å²) in [6, 6.07) is 13.2. The fourth-order valence-electron chi connectivity index (χ4n) is 2.18. The molecule has 1 N–H and O–H groups in total. The van der Waals surface area contributed by atoms with Gasteiger partial charge in [-0.25, -0.2) is 4.98 Å². The molecule has 0 aliphatic heterocycles. The first-order valence-electron chi connectivity index (χ1n) is 7.05. The minimum absolute atomic E-state index is 0.296. The number of ether oxygens (including phenoxy) is 2. The Morgan fingerprint density at radius 2 is 2.00 bits per heavy atom. The molecule has 2 aromatic carbocycles. The lowest BCUT2D eigenvalue weighted by Gasteiger charge is -2.09. The lowest BCUT2D eigenvalue weighted by atomic mass is 10.2. The van der Waals surface area contributed by atoms with Gasteiger partial charge in [0.05, 0.1) is 18.1 Å². The highest BCUT2D eigenvalue weighted by atomic mass is 16.6. The van der Waals surface area contributed by atoms with Crippen molar-refractivity contribution in [3.63, 3.8) is 0 Å². The number of fused-ring (bicyclic) bond motifs is 1. The number of nitrogens with zero attached hydrogens (tertiary/aromatic N) is 1. The lowest BCUT2D eigenvalue weighted by molar-refractivity contribution is -0.134. The molecular formula is C17H16N2O3. The number of hydrogen-bond acceptors (Lipinski definition) is 4. The van der Waals surface area contributed by atoms with E-state index in [2.05, 4.69) is 9.97 Å². The molecule has 0 spiro atoms. The maximum absolute atomic E-state index is 11.4. The predicted octanol–water partition coefficient (Wildman–Crippen LogP) is 3.55. The number of carbonyl (C=O) groups excluding carboxylic acids is 1. The van der Waals surface area contributed by atoms with Crippen LogP contribution in [-0.2, 0) is 4.79 Å². The van der Waals surface area contributed by atoms with Crippen LogP contribution in [0.4, 0.5) is 0 Å². The van der Waals surface area contributed by atoms with Gasteiger partial charge in [0.2, 0.25) is 0 Å². The van der Waals surface area contributed by atoms with Gasteiger partial charge in [0, 0.05) is 12.0 Å². The molecule has 3 aromatic rings. The summed E-state index contributed by atoms with van der Waals surface area (Å²) < 4.78 is 10.5. The number of imidazole rings is 1. The van der Waals surface area contributed by atoms with E-state index in [1.54, 1.807) is 26.2 Å². The normalized spacial score (nSPS) is 10.6. The SMILES string of the molecule is CCC(=O)Oc1ccc(-c2nc3ccccc3[nH]2)cc1OC. The Bertz CT molecular complexity index is 791. The summed E-state index contributed by atoms with van der Waals surface area (Å²) in [6.45, 7) is 1.75. The Morgan fingerprint density at radius 1 is 1.18 bits per heavy atom. The third-order valence-electron chi connectivity index (χ3n) is 3.34. The highest BCUT2D eigenvalue weighted by Crippen LogP contribution is 2.32. The summed E-state index contributed by atoms with van der Waals surface area (Å²) in [7, 11) is 1.54. The van der Waals surface area contributed by atoms with Crippen molar-refractivity contribution < 1.29 is 14.3 Å². The molecule has 1 heterocycles. The smallest absolute Gasteiger partial charge is 0.311 e. The van der Waals surface area contributed by atoms with Gasteiger partial charge in [0.1, 0.15) is 5.82 Å². The van der Waals surface area contributed by atoms with Crippen molar-refractivity contribution in [1.29, 1.82) is 0 Å². The number of aromatic nitrogens is 2. The maximum atomic E-state index is 11.4. The largest absolute Gasteiger partial charge is 0.493 e. The fourth-order valence-corrected chi connectivity index (χ4v) is 2.18. The second-order valence-corrected chi connectivity index (χ2v) is 4.80. The standard InChI is InChI=1S/C17H16N2O3/c1-3-16(20)22-14-9-8-11(10-15(14)21-2)17-18-12-6-4-5-7-13(12)19-17/h4-10H,3H2,1-2H3,(H,18,19). The molecule has 0 atom stereocenters. The van der Waals surface area contributed by atoms with Crippen molar-refractivity contribution in [2.24, 2.45) is 0 Å². The zero-order valence-corrected chi connectivity index (χ0v) is 12.4. The number of hydrogen-bond donors (Lipinski definition) is 1. The Balaban J connectivity index is 1.99. The quantitative estimate of drug-likeness (QED) is 0.590. The fraction of sp³-hybridized carbons (Fsp3) is 0.176. The first-order chi connectivity index (χ1) is 10.7. The van der Waals surface area contributed by atoms with E-state index in [0.717, 1.165) is 22.4 Å². The van der Waals surface area contributed by atoms with Gasteiger partial charge in [-0.2, -0.15) is 0 Å². The van der Waals surface area contributed by atoms with Gasteiger partial charge in [0.25, 0.3) is 0 Å². The van der Waals surface area contributed by atoms with Crippen LogP contribution in [0.1, 0.15) is 13.3 Å². The summed E-state index contributed by atoms with van der Waals surface area (Å²) in [5.41, 5.74) is 2.74. The molecule has 0 fully saturated rings. The molecule has 0 saturated carbocycles. The predicted molar refractivity (Wildman–Crippen MR) is 84.0 cm³/mol. The second kappa shape index (κ2) is 5.89. The molecule has 0 amide bonds. The van der Waals surface area contributed by atoms with Gasteiger partial charge in [-0.05, 0) is 30.3 Å². The number of benzene rings is 2. The number of rotatable bonds is 4. The molecule has 1 aromatic heterocycles. The van der Waals surface area contributed by atoms with Crippen LogP contribution in [0.2, 0.25) is 0 Å². The van der Waals surface area contributed by atoms with Gasteiger partial charge < -0.3 is 14.5 Å². The molecule has 0 radical (unpaired) electrons. The van der Waals surface area contributed by atoms with Gasteiger partial charge >= 0.3 is 5.97 Å². The number of para-hydroxylation sites is 2. The van der Waals surface area contributed by atoms with Crippen LogP contribution in [0.3, 0.4) is 0 Å². The first-order valence-corrected chi connectivity index (χ1v) is 7.05. The monoisotopic (exact) mass is 296 g/mol. The molecule has 0 saturated heterocycles. The van der Waals surface area contributed by atoms with Crippen molar-refractivity contribution in [3.8, 4) is 22.9 Å². The molecule has 5 nitrogen and oxygen atoms in total. The molecule has 3 rings (SSSR count). The molecule has 112 valence electrons. The van der Waals surface area contributed by atoms with Gasteiger partial charge in [-0.1, -0.05) is 19.1 Å². The van der Waals surface area contributed by atoms with E-state index in [9.17, 15) is 4.79 Å². The number of esters is 1. The van der Waals surface area contributed by atoms with E-state index in [-0.39, 0.29) is 5.97 Å². The van der Waals surface area contributed by atoms with Gasteiger partial charge in [-0.3, -0.25) is 4.79 Å². The number of methoxy groups -OCH3 is 1. The van der Waals surface area contributed by atoms with E-state index in [1.807, 2.05) is 30.3 Å². The van der Waals surface area contributed by atoms with Crippen molar-refractivity contribution in [2.45, 2.75) is 13.3 Å². The van der Waals surface area contributed by atoms with E-state index in [4.69, 9.17) is 9.47 Å². The van der Waals surface area contributed by atoms with Crippen molar-refractivity contribution in [3.05, 3.63) is 42.5 Å². The first kappa shape index (κ1) is 14.1. The summed E-state index contributed by atoms with van der Waals surface area (Å²) in [5.74, 6) is 1.36. The van der Waals surface area contributed by atoms with E-state index in [0.29, 0.717) is 17.9 Å². The molecule has 0 bridgehead atoms. The number of H-pyrrole nitrogens is 1. The van der Waals surface area contributed by atoms with Crippen LogP contribution < -0.4 is 9.47 Å². The van der Waals surface area contributed by atoms with Crippen molar-refractivity contribution in [1.82, 2.24) is 9.97 Å². The number of aromatic amines is 1. The van der Waals surface area contributed by atoms with Gasteiger partial charge in [-0.15, -0.1) is 0 Å². The summed E-state index contributed by atoms with van der Waals surface area (Å²) in [4.78, 5) is 19.2. The number of nitrogens with one attached hydrogen (secondary N) is 1. The van der Waals surface area contributed by atoms with Gasteiger partial charge in [0.15, 0.2) is 11.5 Å². The molecule has 0 unspecified atom stereocenters. The topological polar surface area (TPSA) is 64.2 Å². The van der Waals surface area contributed by atoms with Crippen molar-refractivity contribution >= 4 is 17.0 Å². The summed E-state index contributed by atoms with van der Waals surface area (Å²) in [5, 5.41) is 0. The van der Waals surface area contributed by atoms with E-state index >= 15 is 0 Å². The molecule has 0 aliphatic rings. The van der Waals surface area contributed by atoms with Crippen molar-refractivity contribution in [2.75, 3.05) is 7.11 Å². The zero-order valence-electron chi connectivity index (χ0n) is 12.4.